The minimum atomic E-state index is 0.133. The minimum Gasteiger partial charge on any atom is -0.337 e. The number of hydrogen-bond donors (Lipinski definition) is 0. The van der Waals surface area contributed by atoms with E-state index in [-0.39, 0.29) is 5.91 Å². The minimum absolute atomic E-state index is 0.133. The van der Waals surface area contributed by atoms with Gasteiger partial charge in [-0.15, -0.1) is 0 Å². The Bertz CT molecular complexity index is 717. The summed E-state index contributed by atoms with van der Waals surface area (Å²) in [4.78, 5) is 19.8. The van der Waals surface area contributed by atoms with Crippen molar-refractivity contribution in [2.75, 3.05) is 18.8 Å². The van der Waals surface area contributed by atoms with Crippen LogP contribution in [-0.4, -0.2) is 39.9 Å². The van der Waals surface area contributed by atoms with E-state index in [1.54, 1.807) is 0 Å². The number of aryl methyl sites for hydroxylation is 1. The molecule has 1 aromatic heterocycles. The summed E-state index contributed by atoms with van der Waals surface area (Å²) in [6.45, 7) is 5.85. The Labute approximate surface area is 154 Å². The number of aromatic nitrogens is 1. The van der Waals surface area contributed by atoms with Gasteiger partial charge in [0.25, 0.3) is 5.91 Å². The fourth-order valence-electron chi connectivity index (χ4n) is 3.39. The highest BCUT2D eigenvalue weighted by molar-refractivity contribution is 7.99. The lowest BCUT2D eigenvalue weighted by molar-refractivity contribution is 0.0762. The molecule has 1 fully saturated rings. The molecule has 1 saturated heterocycles. The van der Waals surface area contributed by atoms with Gasteiger partial charge in [-0.2, -0.15) is 11.8 Å². The fraction of sp³-hybridized carbons (Fsp3) is 0.429. The molecule has 3 rings (SSSR count). The SMILES string of the molecule is CCSC1CCCCN(C(=O)c2ccc(-c3ccccc3)nc2C)C1. The zero-order chi connectivity index (χ0) is 17.6. The van der Waals surface area contributed by atoms with Gasteiger partial charge in [-0.3, -0.25) is 9.78 Å². The van der Waals surface area contributed by atoms with Crippen molar-refractivity contribution in [3.05, 3.63) is 53.7 Å². The Kier molecular flexibility index (Phi) is 6.14. The smallest absolute Gasteiger partial charge is 0.255 e. The zero-order valence-corrected chi connectivity index (χ0v) is 15.9. The van der Waals surface area contributed by atoms with Gasteiger partial charge < -0.3 is 4.90 Å². The standard InChI is InChI=1S/C21H26N2OS/c1-3-25-18-11-7-8-14-23(15-18)21(24)19-12-13-20(22-16(19)2)17-9-5-4-6-10-17/h4-6,9-10,12-13,18H,3,7-8,11,14-15H2,1-2H3. The average Bonchev–Trinajstić information content (AvgIpc) is 2.88. The molecule has 2 aromatic rings. The quantitative estimate of drug-likeness (QED) is 0.790. The third kappa shape index (κ3) is 4.43. The lowest BCUT2D eigenvalue weighted by Crippen LogP contribution is -2.36. The third-order valence-electron chi connectivity index (χ3n) is 4.70. The summed E-state index contributed by atoms with van der Waals surface area (Å²) >= 11 is 1.98. The van der Waals surface area contributed by atoms with Crippen LogP contribution in [0.4, 0.5) is 0 Å². The second-order valence-electron chi connectivity index (χ2n) is 6.52. The Hall–Kier alpha value is -1.81. The van der Waals surface area contributed by atoms with Crippen LogP contribution in [-0.2, 0) is 0 Å². The van der Waals surface area contributed by atoms with Crippen molar-refractivity contribution < 1.29 is 4.79 Å². The molecule has 0 spiro atoms. The van der Waals surface area contributed by atoms with Gasteiger partial charge in [0, 0.05) is 23.9 Å². The topological polar surface area (TPSA) is 33.2 Å². The van der Waals surface area contributed by atoms with Gasteiger partial charge in [0.2, 0.25) is 0 Å². The van der Waals surface area contributed by atoms with Crippen molar-refractivity contribution in [3.8, 4) is 11.3 Å². The van der Waals surface area contributed by atoms with Crippen LogP contribution >= 0.6 is 11.8 Å². The summed E-state index contributed by atoms with van der Waals surface area (Å²) in [6, 6.07) is 14.0. The average molecular weight is 355 g/mol. The van der Waals surface area contributed by atoms with Gasteiger partial charge >= 0.3 is 0 Å². The van der Waals surface area contributed by atoms with Gasteiger partial charge in [-0.25, -0.2) is 0 Å². The Morgan fingerprint density at radius 3 is 2.72 bits per heavy atom. The molecule has 0 radical (unpaired) electrons. The molecule has 0 N–H and O–H groups in total. The van der Waals surface area contributed by atoms with Crippen LogP contribution in [0.15, 0.2) is 42.5 Å². The van der Waals surface area contributed by atoms with Crippen molar-refractivity contribution in [1.82, 2.24) is 9.88 Å². The second-order valence-corrected chi connectivity index (χ2v) is 8.10. The molecule has 0 aliphatic carbocycles. The van der Waals surface area contributed by atoms with Gasteiger partial charge in [-0.1, -0.05) is 43.7 Å². The number of carbonyl (C=O) groups is 1. The van der Waals surface area contributed by atoms with Crippen molar-refractivity contribution in [2.45, 2.75) is 38.4 Å². The monoisotopic (exact) mass is 354 g/mol. The molecule has 0 saturated carbocycles. The highest BCUT2D eigenvalue weighted by Gasteiger charge is 2.24. The summed E-state index contributed by atoms with van der Waals surface area (Å²) in [5.74, 6) is 1.24. The molecule has 132 valence electrons. The second kappa shape index (κ2) is 8.52. The first-order chi connectivity index (χ1) is 12.2. The molecule has 2 heterocycles. The summed E-state index contributed by atoms with van der Waals surface area (Å²) < 4.78 is 0. The van der Waals surface area contributed by atoms with Crippen molar-refractivity contribution in [2.24, 2.45) is 0 Å². The van der Waals surface area contributed by atoms with Gasteiger partial charge in [-0.05, 0) is 37.7 Å². The zero-order valence-electron chi connectivity index (χ0n) is 15.1. The van der Waals surface area contributed by atoms with Crippen LogP contribution in [0.1, 0.15) is 42.2 Å². The molecule has 1 amide bonds. The highest BCUT2D eigenvalue weighted by Crippen LogP contribution is 2.24. The van der Waals surface area contributed by atoms with E-state index in [9.17, 15) is 4.79 Å². The normalized spacial score (nSPS) is 18.0. The number of carbonyl (C=O) groups excluding carboxylic acids is 1. The highest BCUT2D eigenvalue weighted by atomic mass is 32.2. The van der Waals surface area contributed by atoms with Crippen LogP contribution in [0.25, 0.3) is 11.3 Å². The number of amides is 1. The lowest BCUT2D eigenvalue weighted by atomic mass is 10.1. The molecule has 0 bridgehead atoms. The van der Waals surface area contributed by atoms with Crippen LogP contribution in [0.5, 0.6) is 0 Å². The van der Waals surface area contributed by atoms with E-state index in [0.29, 0.717) is 5.25 Å². The molecule has 1 aliphatic rings. The van der Waals surface area contributed by atoms with E-state index in [0.717, 1.165) is 47.8 Å². The van der Waals surface area contributed by atoms with Gasteiger partial charge in [0.1, 0.15) is 0 Å². The van der Waals surface area contributed by atoms with Crippen LogP contribution in [0.3, 0.4) is 0 Å². The lowest BCUT2D eigenvalue weighted by Gasteiger charge is -2.24. The van der Waals surface area contributed by atoms with Gasteiger partial charge in [0.15, 0.2) is 0 Å². The Morgan fingerprint density at radius 2 is 2.00 bits per heavy atom. The van der Waals surface area contributed by atoms with E-state index < -0.39 is 0 Å². The fourth-order valence-corrected chi connectivity index (χ4v) is 4.48. The first-order valence-electron chi connectivity index (χ1n) is 9.13. The molecule has 1 unspecified atom stereocenters. The van der Waals surface area contributed by atoms with Crippen molar-refractivity contribution >= 4 is 17.7 Å². The first kappa shape index (κ1) is 18.0. The van der Waals surface area contributed by atoms with Crippen LogP contribution in [0, 0.1) is 6.92 Å². The molecule has 1 aromatic carbocycles. The van der Waals surface area contributed by atoms with Crippen molar-refractivity contribution in [3.63, 3.8) is 0 Å². The molecule has 1 atom stereocenters. The van der Waals surface area contributed by atoms with E-state index in [2.05, 4.69) is 11.9 Å². The maximum Gasteiger partial charge on any atom is 0.255 e. The molecular weight excluding hydrogens is 328 g/mol. The number of benzene rings is 1. The first-order valence-corrected chi connectivity index (χ1v) is 10.2. The number of likely N-dealkylation sites (tertiary alicyclic amines) is 1. The molecule has 4 heteroatoms. The van der Waals surface area contributed by atoms with Crippen molar-refractivity contribution in [1.29, 1.82) is 0 Å². The molecule has 1 aliphatic heterocycles. The number of hydrogen-bond acceptors (Lipinski definition) is 3. The predicted molar refractivity (Wildman–Crippen MR) is 106 cm³/mol. The predicted octanol–water partition coefficient (Wildman–Crippen LogP) is 4.80. The van der Waals surface area contributed by atoms with E-state index >= 15 is 0 Å². The summed E-state index contributed by atoms with van der Waals surface area (Å²) in [7, 11) is 0. The molecule has 25 heavy (non-hydrogen) atoms. The molecular formula is C21H26N2OS. The number of rotatable bonds is 4. The number of thioether (sulfide) groups is 1. The third-order valence-corrected chi connectivity index (χ3v) is 5.89. The number of pyridine rings is 1. The number of nitrogens with zero attached hydrogens (tertiary/aromatic N) is 2. The Morgan fingerprint density at radius 1 is 1.20 bits per heavy atom. The maximum atomic E-state index is 13.0. The van der Waals surface area contributed by atoms with Crippen LogP contribution in [0.2, 0.25) is 0 Å². The van der Waals surface area contributed by atoms with E-state index in [4.69, 9.17) is 0 Å². The van der Waals surface area contributed by atoms with Gasteiger partial charge in [0.05, 0.1) is 17.0 Å². The summed E-state index contributed by atoms with van der Waals surface area (Å²) in [6.07, 6.45) is 3.53. The summed E-state index contributed by atoms with van der Waals surface area (Å²) in [5.41, 5.74) is 3.56. The Balaban J connectivity index is 1.79. The largest absolute Gasteiger partial charge is 0.337 e. The maximum absolute atomic E-state index is 13.0. The van der Waals surface area contributed by atoms with Crippen LogP contribution < -0.4 is 0 Å². The van der Waals surface area contributed by atoms with E-state index in [1.165, 1.54) is 12.8 Å². The summed E-state index contributed by atoms with van der Waals surface area (Å²) in [5, 5.41) is 0.563. The molecule has 3 nitrogen and oxygen atoms in total. The van der Waals surface area contributed by atoms with E-state index in [1.807, 2.05) is 66.1 Å².